The lowest BCUT2D eigenvalue weighted by atomic mass is 9.96. The standard InChI is InChI=1S/C13H22N4O.ClH/c1-9-12(10(2)16(3)15-9)13(18)17-6-4-11(8-14)5-7-17;/h11H,4-8,14H2,1-3H3;1H. The van der Waals surface area contributed by atoms with Crippen LogP contribution in [0.15, 0.2) is 0 Å². The zero-order valence-corrected chi connectivity index (χ0v) is 12.7. The van der Waals surface area contributed by atoms with Gasteiger partial charge in [-0.05, 0) is 39.2 Å². The molecule has 1 saturated heterocycles. The molecule has 0 bridgehead atoms. The maximum absolute atomic E-state index is 12.5. The quantitative estimate of drug-likeness (QED) is 0.890. The molecule has 1 aliphatic rings. The third-order valence-electron chi connectivity index (χ3n) is 3.96. The normalized spacial score (nSPS) is 16.3. The number of hydrogen-bond donors (Lipinski definition) is 1. The van der Waals surface area contributed by atoms with E-state index in [9.17, 15) is 4.79 Å². The second-order valence-electron chi connectivity index (χ2n) is 5.14. The molecule has 108 valence electrons. The summed E-state index contributed by atoms with van der Waals surface area (Å²) in [6, 6.07) is 0. The molecule has 0 aliphatic carbocycles. The Morgan fingerprint density at radius 1 is 1.37 bits per heavy atom. The summed E-state index contributed by atoms with van der Waals surface area (Å²) >= 11 is 0. The SMILES string of the molecule is Cc1nn(C)c(C)c1C(=O)N1CCC(CN)CC1.Cl. The first-order valence-electron chi connectivity index (χ1n) is 6.54. The van der Waals surface area contributed by atoms with Crippen molar-refractivity contribution in [2.45, 2.75) is 26.7 Å². The first-order valence-corrected chi connectivity index (χ1v) is 6.54. The summed E-state index contributed by atoms with van der Waals surface area (Å²) in [5.74, 6) is 0.693. The number of piperidine rings is 1. The van der Waals surface area contributed by atoms with Crippen molar-refractivity contribution >= 4 is 18.3 Å². The number of likely N-dealkylation sites (tertiary alicyclic amines) is 1. The molecular formula is C13H23ClN4O. The molecule has 6 heteroatoms. The number of nitrogens with two attached hydrogens (primary N) is 1. The number of amides is 1. The second-order valence-corrected chi connectivity index (χ2v) is 5.14. The summed E-state index contributed by atoms with van der Waals surface area (Å²) in [7, 11) is 1.87. The Labute approximate surface area is 120 Å². The highest BCUT2D eigenvalue weighted by atomic mass is 35.5. The zero-order valence-electron chi connectivity index (χ0n) is 11.8. The first-order chi connectivity index (χ1) is 8.54. The van der Waals surface area contributed by atoms with Crippen LogP contribution < -0.4 is 5.73 Å². The summed E-state index contributed by atoms with van der Waals surface area (Å²) in [5.41, 5.74) is 8.20. The van der Waals surface area contributed by atoms with Gasteiger partial charge in [-0.3, -0.25) is 9.48 Å². The summed E-state index contributed by atoms with van der Waals surface area (Å²) in [4.78, 5) is 14.4. The first kappa shape index (κ1) is 16.0. The predicted octanol–water partition coefficient (Wildman–Crippen LogP) is 1.27. The van der Waals surface area contributed by atoms with Crippen molar-refractivity contribution in [3.8, 4) is 0 Å². The van der Waals surface area contributed by atoms with Crippen LogP contribution in [0.1, 0.15) is 34.6 Å². The van der Waals surface area contributed by atoms with Crippen molar-refractivity contribution in [3.63, 3.8) is 0 Å². The summed E-state index contributed by atoms with van der Waals surface area (Å²) in [5, 5.41) is 4.31. The van der Waals surface area contributed by atoms with Crippen LogP contribution >= 0.6 is 12.4 Å². The fourth-order valence-electron chi connectivity index (χ4n) is 2.61. The van der Waals surface area contributed by atoms with Gasteiger partial charge in [-0.25, -0.2) is 0 Å². The number of hydrogen-bond acceptors (Lipinski definition) is 3. The van der Waals surface area contributed by atoms with Crippen LogP contribution in [0.3, 0.4) is 0 Å². The van der Waals surface area contributed by atoms with E-state index >= 15 is 0 Å². The smallest absolute Gasteiger partial charge is 0.257 e. The van der Waals surface area contributed by atoms with Crippen molar-refractivity contribution in [2.75, 3.05) is 19.6 Å². The third-order valence-corrected chi connectivity index (χ3v) is 3.96. The van der Waals surface area contributed by atoms with Gasteiger partial charge in [-0.15, -0.1) is 12.4 Å². The summed E-state index contributed by atoms with van der Waals surface area (Å²) < 4.78 is 1.77. The fourth-order valence-corrected chi connectivity index (χ4v) is 2.61. The van der Waals surface area contributed by atoms with E-state index < -0.39 is 0 Å². The third kappa shape index (κ3) is 3.09. The number of aryl methyl sites for hydroxylation is 2. The van der Waals surface area contributed by atoms with Crippen LogP contribution in [0.5, 0.6) is 0 Å². The van der Waals surface area contributed by atoms with Gasteiger partial charge in [0, 0.05) is 25.8 Å². The molecule has 0 aromatic carbocycles. The minimum atomic E-state index is 0. The lowest BCUT2D eigenvalue weighted by Gasteiger charge is -2.31. The van der Waals surface area contributed by atoms with Crippen LogP contribution in [0, 0.1) is 19.8 Å². The Balaban J connectivity index is 0.00000180. The molecule has 1 aromatic rings. The number of halogens is 1. The minimum absolute atomic E-state index is 0. The van der Waals surface area contributed by atoms with Crippen molar-refractivity contribution in [1.82, 2.24) is 14.7 Å². The van der Waals surface area contributed by atoms with Gasteiger partial charge in [0.2, 0.25) is 0 Å². The number of rotatable bonds is 2. The molecule has 1 fully saturated rings. The summed E-state index contributed by atoms with van der Waals surface area (Å²) in [6.07, 6.45) is 2.03. The second kappa shape index (κ2) is 6.39. The Kier molecular flexibility index (Phi) is 5.38. The molecule has 1 amide bonds. The number of aromatic nitrogens is 2. The monoisotopic (exact) mass is 286 g/mol. The Bertz CT molecular complexity index is 450. The molecule has 2 rings (SSSR count). The van der Waals surface area contributed by atoms with E-state index in [1.165, 1.54) is 0 Å². The topological polar surface area (TPSA) is 64.2 Å². The molecule has 1 aromatic heterocycles. The molecule has 0 saturated carbocycles. The Hall–Kier alpha value is -1.07. The average Bonchev–Trinajstić information content (AvgIpc) is 2.63. The highest BCUT2D eigenvalue weighted by Crippen LogP contribution is 2.20. The Morgan fingerprint density at radius 2 is 1.95 bits per heavy atom. The molecule has 0 radical (unpaired) electrons. The lowest BCUT2D eigenvalue weighted by molar-refractivity contribution is 0.0692. The van der Waals surface area contributed by atoms with E-state index in [0.717, 1.165) is 49.4 Å². The Morgan fingerprint density at radius 3 is 2.37 bits per heavy atom. The molecule has 5 nitrogen and oxygen atoms in total. The van der Waals surface area contributed by atoms with Crippen molar-refractivity contribution in [3.05, 3.63) is 17.0 Å². The van der Waals surface area contributed by atoms with Gasteiger partial charge < -0.3 is 10.6 Å². The molecular weight excluding hydrogens is 264 g/mol. The molecule has 0 atom stereocenters. The molecule has 2 N–H and O–H groups in total. The maximum Gasteiger partial charge on any atom is 0.257 e. The van der Waals surface area contributed by atoms with Crippen LogP contribution in [0.2, 0.25) is 0 Å². The molecule has 19 heavy (non-hydrogen) atoms. The molecule has 0 spiro atoms. The fraction of sp³-hybridized carbons (Fsp3) is 0.692. The van der Waals surface area contributed by atoms with Gasteiger partial charge in [0.15, 0.2) is 0 Å². The molecule has 1 aliphatic heterocycles. The zero-order chi connectivity index (χ0) is 13.3. The van der Waals surface area contributed by atoms with Gasteiger partial charge in [0.25, 0.3) is 5.91 Å². The highest BCUT2D eigenvalue weighted by molar-refractivity contribution is 5.96. The van der Waals surface area contributed by atoms with E-state index in [4.69, 9.17) is 5.73 Å². The van der Waals surface area contributed by atoms with E-state index in [2.05, 4.69) is 5.10 Å². The predicted molar refractivity (Wildman–Crippen MR) is 77.6 cm³/mol. The van der Waals surface area contributed by atoms with Crippen molar-refractivity contribution in [2.24, 2.45) is 18.7 Å². The number of carbonyl (C=O) groups is 1. The van der Waals surface area contributed by atoms with Crippen LogP contribution in [-0.4, -0.2) is 40.2 Å². The highest BCUT2D eigenvalue weighted by Gasteiger charge is 2.26. The molecule has 0 unspecified atom stereocenters. The van der Waals surface area contributed by atoms with E-state index in [1.54, 1.807) is 4.68 Å². The van der Waals surface area contributed by atoms with Gasteiger partial charge in [-0.1, -0.05) is 0 Å². The van der Waals surface area contributed by atoms with Gasteiger partial charge >= 0.3 is 0 Å². The van der Waals surface area contributed by atoms with E-state index in [-0.39, 0.29) is 18.3 Å². The lowest BCUT2D eigenvalue weighted by Crippen LogP contribution is -2.40. The van der Waals surface area contributed by atoms with Gasteiger partial charge in [0.1, 0.15) is 0 Å². The number of carbonyl (C=O) groups excluding carboxylic acids is 1. The summed E-state index contributed by atoms with van der Waals surface area (Å²) in [6.45, 7) is 6.20. The van der Waals surface area contributed by atoms with Crippen LogP contribution in [0.4, 0.5) is 0 Å². The van der Waals surface area contributed by atoms with Gasteiger partial charge in [0.05, 0.1) is 11.3 Å². The van der Waals surface area contributed by atoms with E-state index in [1.807, 2.05) is 25.8 Å². The van der Waals surface area contributed by atoms with Crippen LogP contribution in [-0.2, 0) is 7.05 Å². The van der Waals surface area contributed by atoms with Gasteiger partial charge in [-0.2, -0.15) is 5.10 Å². The van der Waals surface area contributed by atoms with E-state index in [0.29, 0.717) is 5.92 Å². The largest absolute Gasteiger partial charge is 0.339 e. The maximum atomic E-state index is 12.5. The van der Waals surface area contributed by atoms with Crippen molar-refractivity contribution < 1.29 is 4.79 Å². The van der Waals surface area contributed by atoms with Crippen molar-refractivity contribution in [1.29, 1.82) is 0 Å². The number of nitrogens with zero attached hydrogens (tertiary/aromatic N) is 3. The van der Waals surface area contributed by atoms with Crippen LogP contribution in [0.25, 0.3) is 0 Å². The minimum Gasteiger partial charge on any atom is -0.339 e. The average molecular weight is 287 g/mol. The molecule has 2 heterocycles.